The number of halogens is 3. The van der Waals surface area contributed by atoms with E-state index >= 15 is 0 Å². The molecule has 1 aromatic heterocycles. The Bertz CT molecular complexity index is 832. The van der Waals surface area contributed by atoms with Crippen LogP contribution in [0.2, 0.25) is 0 Å². The zero-order valence-corrected chi connectivity index (χ0v) is 13.5. The number of carbonyl (C=O) groups excluding carboxylic acids is 1. The smallest absolute Gasteiger partial charge is 0.394 e. The number of alkyl halides is 3. The van der Waals surface area contributed by atoms with E-state index in [9.17, 15) is 37.8 Å². The monoisotopic (exact) mass is 395 g/mol. The molecule has 1 aromatic rings. The highest BCUT2D eigenvalue weighted by Gasteiger charge is 2.43. The van der Waals surface area contributed by atoms with Crippen molar-refractivity contribution in [3.05, 3.63) is 38.7 Å². The second-order valence-corrected chi connectivity index (χ2v) is 5.59. The molecule has 4 atom stereocenters. The Kier molecular flexibility index (Phi) is 6.20. The maximum atomic E-state index is 12.1. The van der Waals surface area contributed by atoms with Gasteiger partial charge in [-0.25, -0.2) is 4.79 Å². The Hall–Kier alpha value is -2.48. The number of hydrogen-bond acceptors (Lipinski definition) is 7. The second kappa shape index (κ2) is 8.04. The lowest BCUT2D eigenvalue weighted by molar-refractivity contribution is -0.173. The van der Waals surface area contributed by atoms with Gasteiger partial charge in [-0.3, -0.25) is 19.1 Å². The minimum atomic E-state index is -5.04. The first-order valence-electron chi connectivity index (χ1n) is 7.55. The average molecular weight is 395 g/mol. The highest BCUT2D eigenvalue weighted by Crippen LogP contribution is 2.28. The molecule has 0 radical (unpaired) electrons. The first-order chi connectivity index (χ1) is 12.6. The number of H-pyrrole nitrogens is 1. The molecule has 27 heavy (non-hydrogen) atoms. The van der Waals surface area contributed by atoms with E-state index in [1.54, 1.807) is 5.32 Å². The van der Waals surface area contributed by atoms with Crippen LogP contribution in [0.4, 0.5) is 13.2 Å². The van der Waals surface area contributed by atoms with Crippen LogP contribution in [0.1, 0.15) is 11.8 Å². The zero-order chi connectivity index (χ0) is 20.4. The van der Waals surface area contributed by atoms with E-state index in [4.69, 9.17) is 9.84 Å². The Morgan fingerprint density at radius 2 is 2.00 bits per heavy atom. The Morgan fingerprint density at radius 3 is 2.56 bits per heavy atom. The number of aromatic amines is 1. The van der Waals surface area contributed by atoms with Crippen molar-refractivity contribution in [1.29, 1.82) is 0 Å². The van der Waals surface area contributed by atoms with Crippen LogP contribution < -0.4 is 16.6 Å². The standard InChI is InChI=1S/C14H16F3N3O7/c15-14(16,17)12(25)18-3-1-2-6-4-20(13(26)19-10(6)24)11-9(23)8(22)7(5-21)27-11/h1-2,4,7-9,11,21-23H,3,5H2,(H,18,25)(H,19,24,26). The van der Waals surface area contributed by atoms with Crippen molar-refractivity contribution in [2.24, 2.45) is 0 Å². The summed E-state index contributed by atoms with van der Waals surface area (Å²) in [5.41, 5.74) is -2.03. The third kappa shape index (κ3) is 4.63. The molecule has 1 fully saturated rings. The van der Waals surface area contributed by atoms with Gasteiger partial charge in [0, 0.05) is 12.7 Å². The number of aromatic nitrogens is 2. The molecular weight excluding hydrogens is 379 g/mol. The van der Waals surface area contributed by atoms with Crippen molar-refractivity contribution in [3.8, 4) is 0 Å². The van der Waals surface area contributed by atoms with Crippen LogP contribution in [0, 0.1) is 0 Å². The maximum absolute atomic E-state index is 12.1. The SMILES string of the molecule is O=C(NCC=Cc1cn(C2OC(CO)C(O)C2O)c(=O)[nH]c1=O)C(F)(F)F. The van der Waals surface area contributed by atoms with Gasteiger partial charge in [0.2, 0.25) is 0 Å². The quantitative estimate of drug-likeness (QED) is 0.381. The van der Waals surface area contributed by atoms with Crippen molar-refractivity contribution >= 4 is 12.0 Å². The molecule has 1 amide bonds. The van der Waals surface area contributed by atoms with Crippen LogP contribution in [0.25, 0.3) is 6.08 Å². The van der Waals surface area contributed by atoms with Gasteiger partial charge in [-0.15, -0.1) is 0 Å². The van der Waals surface area contributed by atoms with Crippen molar-refractivity contribution in [2.45, 2.75) is 30.7 Å². The summed E-state index contributed by atoms with van der Waals surface area (Å²) in [6.45, 7) is -1.16. The molecule has 0 aliphatic carbocycles. The van der Waals surface area contributed by atoms with Gasteiger partial charge < -0.3 is 25.4 Å². The number of aliphatic hydroxyl groups excluding tert-OH is 3. The van der Waals surface area contributed by atoms with Crippen molar-refractivity contribution in [1.82, 2.24) is 14.9 Å². The molecule has 0 spiro atoms. The number of nitrogens with zero attached hydrogens (tertiary/aromatic N) is 1. The fraction of sp³-hybridized carbons (Fsp3) is 0.500. The number of hydrogen-bond donors (Lipinski definition) is 5. The number of ether oxygens (including phenoxy) is 1. The molecule has 13 heteroatoms. The van der Waals surface area contributed by atoms with Gasteiger partial charge in [-0.1, -0.05) is 12.2 Å². The molecule has 10 nitrogen and oxygen atoms in total. The normalized spacial score (nSPS) is 25.9. The number of rotatable bonds is 5. The van der Waals surface area contributed by atoms with Crippen LogP contribution in [0.15, 0.2) is 21.9 Å². The van der Waals surface area contributed by atoms with Gasteiger partial charge in [0.1, 0.15) is 18.3 Å². The third-order valence-electron chi connectivity index (χ3n) is 3.72. The molecule has 5 N–H and O–H groups in total. The van der Waals surface area contributed by atoms with Crippen LogP contribution in [0.5, 0.6) is 0 Å². The highest BCUT2D eigenvalue weighted by atomic mass is 19.4. The van der Waals surface area contributed by atoms with Crippen molar-refractivity contribution < 1.29 is 38.0 Å². The molecule has 4 unspecified atom stereocenters. The topological polar surface area (TPSA) is 154 Å². The van der Waals surface area contributed by atoms with E-state index in [0.29, 0.717) is 0 Å². The summed E-state index contributed by atoms with van der Waals surface area (Å²) in [5.74, 6) is -2.16. The number of aliphatic hydroxyl groups is 3. The van der Waals surface area contributed by atoms with Gasteiger partial charge in [-0.05, 0) is 0 Å². The maximum Gasteiger partial charge on any atom is 0.471 e. The summed E-state index contributed by atoms with van der Waals surface area (Å²) in [5, 5.41) is 30.3. The predicted molar refractivity (Wildman–Crippen MR) is 82.4 cm³/mol. The number of nitrogens with one attached hydrogen (secondary N) is 2. The lowest BCUT2D eigenvalue weighted by atomic mass is 10.1. The lowest BCUT2D eigenvalue weighted by Crippen LogP contribution is -2.38. The fourth-order valence-corrected chi connectivity index (χ4v) is 2.36. The van der Waals surface area contributed by atoms with Crippen molar-refractivity contribution in [2.75, 3.05) is 13.2 Å². The Morgan fingerprint density at radius 1 is 1.33 bits per heavy atom. The summed E-state index contributed by atoms with van der Waals surface area (Å²) in [4.78, 5) is 36.3. The summed E-state index contributed by atoms with van der Waals surface area (Å²) in [6, 6.07) is 0. The van der Waals surface area contributed by atoms with Crippen molar-refractivity contribution in [3.63, 3.8) is 0 Å². The van der Waals surface area contributed by atoms with Gasteiger partial charge >= 0.3 is 17.8 Å². The van der Waals surface area contributed by atoms with Gasteiger partial charge in [0.25, 0.3) is 5.56 Å². The van der Waals surface area contributed by atoms with Gasteiger partial charge in [0.05, 0.1) is 12.2 Å². The van der Waals surface area contributed by atoms with Crippen LogP contribution >= 0.6 is 0 Å². The minimum Gasteiger partial charge on any atom is -0.394 e. The average Bonchev–Trinajstić information content (AvgIpc) is 2.87. The molecule has 150 valence electrons. The molecular formula is C14H16F3N3O7. The molecule has 1 aliphatic heterocycles. The van der Waals surface area contributed by atoms with Gasteiger partial charge in [-0.2, -0.15) is 13.2 Å². The van der Waals surface area contributed by atoms with E-state index in [1.165, 1.54) is 0 Å². The molecule has 2 rings (SSSR count). The zero-order valence-electron chi connectivity index (χ0n) is 13.5. The minimum absolute atomic E-state index is 0.186. The summed E-state index contributed by atoms with van der Waals surface area (Å²) >= 11 is 0. The van der Waals surface area contributed by atoms with E-state index < -0.39 is 61.0 Å². The van der Waals surface area contributed by atoms with Crippen LogP contribution in [-0.2, 0) is 9.53 Å². The third-order valence-corrected chi connectivity index (χ3v) is 3.72. The first kappa shape index (κ1) is 20.8. The van der Waals surface area contributed by atoms with E-state index in [2.05, 4.69) is 0 Å². The molecule has 2 heterocycles. The highest BCUT2D eigenvalue weighted by molar-refractivity contribution is 5.81. The Labute approximate surface area is 148 Å². The number of carbonyl (C=O) groups is 1. The fourth-order valence-electron chi connectivity index (χ4n) is 2.36. The largest absolute Gasteiger partial charge is 0.471 e. The summed E-state index contributed by atoms with van der Waals surface area (Å²) in [6.07, 6.45) is -7.60. The second-order valence-electron chi connectivity index (χ2n) is 5.59. The number of amides is 1. The van der Waals surface area contributed by atoms with Gasteiger partial charge in [0.15, 0.2) is 6.23 Å². The predicted octanol–water partition coefficient (Wildman–Crippen LogP) is -2.16. The lowest BCUT2D eigenvalue weighted by Gasteiger charge is -2.17. The van der Waals surface area contributed by atoms with Crippen LogP contribution in [-0.4, -0.2) is 68.4 Å². The molecule has 1 aliphatic rings. The molecule has 0 bridgehead atoms. The molecule has 1 saturated heterocycles. The van der Waals surface area contributed by atoms with Crippen LogP contribution in [0.3, 0.4) is 0 Å². The van der Waals surface area contributed by atoms with E-state index in [0.717, 1.165) is 22.9 Å². The molecule has 0 saturated carbocycles. The van der Waals surface area contributed by atoms with E-state index in [-0.39, 0.29) is 5.56 Å². The Balaban J connectivity index is 2.19. The molecule has 0 aromatic carbocycles. The summed E-state index contributed by atoms with van der Waals surface area (Å²) < 4.78 is 42.1. The first-order valence-corrected chi connectivity index (χ1v) is 7.55. The summed E-state index contributed by atoms with van der Waals surface area (Å²) in [7, 11) is 0. The van der Waals surface area contributed by atoms with E-state index in [1.807, 2.05) is 4.98 Å².